The lowest BCUT2D eigenvalue weighted by Crippen LogP contribution is -2.16. The van der Waals surface area contributed by atoms with Crippen molar-refractivity contribution in [3.63, 3.8) is 0 Å². The number of esters is 2. The van der Waals surface area contributed by atoms with Crippen LogP contribution in [0.1, 0.15) is 38.3 Å². The van der Waals surface area contributed by atoms with E-state index in [0.29, 0.717) is 17.9 Å². The van der Waals surface area contributed by atoms with Crippen LogP contribution in [0.25, 0.3) is 0 Å². The van der Waals surface area contributed by atoms with Gasteiger partial charge in [0.2, 0.25) is 0 Å². The number of amides is 1. The number of pyridine rings is 1. The first kappa shape index (κ1) is 17.1. The summed E-state index contributed by atoms with van der Waals surface area (Å²) < 4.78 is 9.45. The summed E-state index contributed by atoms with van der Waals surface area (Å²) in [5.74, 6) is -1.53. The fourth-order valence-electron chi connectivity index (χ4n) is 1.88. The summed E-state index contributed by atoms with van der Waals surface area (Å²) in [7, 11) is 1.24. The highest BCUT2D eigenvalue weighted by molar-refractivity contribution is 6.03. The van der Waals surface area contributed by atoms with Gasteiger partial charge in [-0.15, -0.1) is 0 Å². The van der Waals surface area contributed by atoms with E-state index in [-0.39, 0.29) is 11.4 Å². The van der Waals surface area contributed by atoms with Crippen molar-refractivity contribution in [3.05, 3.63) is 59.4 Å². The molecule has 0 aliphatic heterocycles. The largest absolute Gasteiger partial charge is 0.464 e. The van der Waals surface area contributed by atoms with Crippen LogP contribution in [-0.2, 0) is 9.47 Å². The highest BCUT2D eigenvalue weighted by atomic mass is 16.5. The van der Waals surface area contributed by atoms with Crippen molar-refractivity contribution in [1.29, 1.82) is 0 Å². The molecule has 0 spiro atoms. The van der Waals surface area contributed by atoms with Crippen LogP contribution >= 0.6 is 0 Å². The van der Waals surface area contributed by atoms with Crippen molar-refractivity contribution in [2.75, 3.05) is 19.0 Å². The van der Waals surface area contributed by atoms with E-state index < -0.39 is 17.8 Å². The Morgan fingerprint density at radius 3 is 2.29 bits per heavy atom. The van der Waals surface area contributed by atoms with E-state index in [1.165, 1.54) is 25.3 Å². The molecule has 1 aromatic carbocycles. The second-order valence-corrected chi connectivity index (χ2v) is 4.65. The summed E-state index contributed by atoms with van der Waals surface area (Å²) in [5.41, 5.74) is 0.995. The Morgan fingerprint density at radius 2 is 1.67 bits per heavy atom. The zero-order valence-corrected chi connectivity index (χ0v) is 13.2. The van der Waals surface area contributed by atoms with Gasteiger partial charge >= 0.3 is 11.9 Å². The van der Waals surface area contributed by atoms with E-state index in [0.717, 1.165) is 0 Å². The van der Waals surface area contributed by atoms with Crippen LogP contribution in [0, 0.1) is 0 Å². The number of aromatic nitrogens is 1. The summed E-state index contributed by atoms with van der Waals surface area (Å²) in [6, 6.07) is 10.7. The van der Waals surface area contributed by atoms with Gasteiger partial charge in [-0.2, -0.15) is 0 Å². The fraction of sp³-hybridized carbons (Fsp3) is 0.176. The van der Waals surface area contributed by atoms with E-state index >= 15 is 0 Å². The first-order valence-electron chi connectivity index (χ1n) is 7.19. The van der Waals surface area contributed by atoms with Crippen molar-refractivity contribution in [2.45, 2.75) is 6.92 Å². The summed E-state index contributed by atoms with van der Waals surface area (Å²) in [4.78, 5) is 39.1. The number of nitrogens with zero attached hydrogens (tertiary/aromatic N) is 1. The molecule has 0 atom stereocenters. The summed E-state index contributed by atoms with van der Waals surface area (Å²) in [6.45, 7) is 2.02. The highest BCUT2D eigenvalue weighted by Crippen LogP contribution is 2.12. The van der Waals surface area contributed by atoms with Crippen molar-refractivity contribution in [3.8, 4) is 0 Å². The third-order valence-electron chi connectivity index (χ3n) is 3.03. The molecule has 2 aromatic rings. The molecular weight excluding hydrogens is 312 g/mol. The van der Waals surface area contributed by atoms with Crippen molar-refractivity contribution in [1.82, 2.24) is 4.98 Å². The lowest BCUT2D eigenvalue weighted by molar-refractivity contribution is 0.0525. The maximum absolute atomic E-state index is 12.2. The number of hydrogen-bond acceptors (Lipinski definition) is 6. The second-order valence-electron chi connectivity index (χ2n) is 4.65. The zero-order valence-electron chi connectivity index (χ0n) is 13.2. The van der Waals surface area contributed by atoms with Gasteiger partial charge in [-0.25, -0.2) is 14.6 Å². The van der Waals surface area contributed by atoms with Crippen molar-refractivity contribution < 1.29 is 23.9 Å². The Morgan fingerprint density at radius 1 is 1.00 bits per heavy atom. The third kappa shape index (κ3) is 4.16. The summed E-state index contributed by atoms with van der Waals surface area (Å²) in [5, 5.41) is 2.63. The SMILES string of the molecule is CCOC(=O)c1ccc(NC(=O)c2cccc(C(=O)OC)n2)cc1. The molecule has 0 bridgehead atoms. The van der Waals surface area contributed by atoms with Gasteiger partial charge in [0.1, 0.15) is 11.4 Å². The second kappa shape index (κ2) is 7.87. The Kier molecular flexibility index (Phi) is 5.62. The van der Waals surface area contributed by atoms with E-state index in [2.05, 4.69) is 15.0 Å². The standard InChI is InChI=1S/C17H16N2O5/c1-3-24-16(21)11-7-9-12(10-8-11)18-15(20)13-5-4-6-14(19-13)17(22)23-2/h4-10H,3H2,1-2H3,(H,18,20). The molecule has 0 aliphatic rings. The molecule has 7 heteroatoms. The maximum atomic E-state index is 12.2. The number of methoxy groups -OCH3 is 1. The lowest BCUT2D eigenvalue weighted by Gasteiger charge is -2.07. The van der Waals surface area contributed by atoms with Crippen molar-refractivity contribution in [2.24, 2.45) is 0 Å². The van der Waals surface area contributed by atoms with Gasteiger partial charge in [-0.1, -0.05) is 6.07 Å². The third-order valence-corrected chi connectivity index (χ3v) is 3.03. The predicted octanol–water partition coefficient (Wildman–Crippen LogP) is 2.30. The number of rotatable bonds is 5. The summed E-state index contributed by atoms with van der Waals surface area (Å²) in [6.07, 6.45) is 0. The number of carbonyl (C=O) groups excluding carboxylic acids is 3. The molecule has 1 aromatic heterocycles. The minimum absolute atomic E-state index is 0.0443. The molecule has 0 saturated carbocycles. The number of nitrogens with one attached hydrogen (secondary N) is 1. The average Bonchev–Trinajstić information content (AvgIpc) is 2.62. The number of hydrogen-bond donors (Lipinski definition) is 1. The monoisotopic (exact) mass is 328 g/mol. The van der Waals surface area contributed by atoms with Crippen LogP contribution in [-0.4, -0.2) is 36.5 Å². The van der Waals surface area contributed by atoms with Crippen LogP contribution in [0.5, 0.6) is 0 Å². The molecule has 0 aliphatic carbocycles. The number of carbonyl (C=O) groups is 3. The van der Waals surface area contributed by atoms with Crippen LogP contribution in [0.2, 0.25) is 0 Å². The molecule has 0 fully saturated rings. The fourth-order valence-corrected chi connectivity index (χ4v) is 1.88. The minimum atomic E-state index is -0.622. The van der Waals surface area contributed by atoms with Crippen LogP contribution in [0.15, 0.2) is 42.5 Å². The molecule has 124 valence electrons. The average molecular weight is 328 g/mol. The first-order chi connectivity index (χ1) is 11.5. The molecule has 24 heavy (non-hydrogen) atoms. The maximum Gasteiger partial charge on any atom is 0.356 e. The predicted molar refractivity (Wildman–Crippen MR) is 85.9 cm³/mol. The van der Waals surface area contributed by atoms with Gasteiger partial charge in [0, 0.05) is 5.69 Å². The Bertz CT molecular complexity index is 756. The smallest absolute Gasteiger partial charge is 0.356 e. The Balaban J connectivity index is 2.09. The summed E-state index contributed by atoms with van der Waals surface area (Å²) >= 11 is 0. The van der Waals surface area contributed by atoms with Gasteiger partial charge in [0.05, 0.1) is 19.3 Å². The normalized spacial score (nSPS) is 9.92. The van der Waals surface area contributed by atoms with E-state index in [4.69, 9.17) is 4.74 Å². The Labute approximate surface area is 138 Å². The zero-order chi connectivity index (χ0) is 17.5. The topological polar surface area (TPSA) is 94.6 Å². The molecule has 0 saturated heterocycles. The van der Waals surface area contributed by atoms with Gasteiger partial charge < -0.3 is 14.8 Å². The van der Waals surface area contributed by atoms with Gasteiger partial charge in [0.25, 0.3) is 5.91 Å². The minimum Gasteiger partial charge on any atom is -0.464 e. The molecule has 1 amide bonds. The highest BCUT2D eigenvalue weighted by Gasteiger charge is 2.13. The Hall–Kier alpha value is -3.22. The van der Waals surface area contributed by atoms with E-state index in [1.807, 2.05) is 0 Å². The molecule has 7 nitrogen and oxygen atoms in total. The molecule has 0 radical (unpaired) electrons. The molecular formula is C17H16N2O5. The molecule has 1 N–H and O–H groups in total. The van der Waals surface area contributed by atoms with Crippen LogP contribution < -0.4 is 5.32 Å². The lowest BCUT2D eigenvalue weighted by atomic mass is 10.2. The molecule has 2 rings (SSSR count). The van der Waals surface area contributed by atoms with Gasteiger partial charge in [-0.05, 0) is 43.3 Å². The van der Waals surface area contributed by atoms with Crippen LogP contribution in [0.4, 0.5) is 5.69 Å². The number of anilines is 1. The van der Waals surface area contributed by atoms with Gasteiger partial charge in [0.15, 0.2) is 0 Å². The van der Waals surface area contributed by atoms with E-state index in [9.17, 15) is 14.4 Å². The number of benzene rings is 1. The number of ether oxygens (including phenoxy) is 2. The quantitative estimate of drug-likeness (QED) is 0.846. The van der Waals surface area contributed by atoms with Gasteiger partial charge in [-0.3, -0.25) is 4.79 Å². The molecule has 1 heterocycles. The first-order valence-corrected chi connectivity index (χ1v) is 7.19. The molecule has 0 unspecified atom stereocenters. The van der Waals surface area contributed by atoms with E-state index in [1.54, 1.807) is 31.2 Å². The van der Waals surface area contributed by atoms with Crippen LogP contribution in [0.3, 0.4) is 0 Å². The van der Waals surface area contributed by atoms with Crippen molar-refractivity contribution >= 4 is 23.5 Å².